The summed E-state index contributed by atoms with van der Waals surface area (Å²) in [6.45, 7) is 7.34. The minimum absolute atomic E-state index is 0.534. The summed E-state index contributed by atoms with van der Waals surface area (Å²) in [5.74, 6) is 0.888. The molecule has 3 unspecified atom stereocenters. The molecule has 2 aliphatic carbocycles. The van der Waals surface area contributed by atoms with E-state index in [2.05, 4.69) is 26.1 Å². The zero-order valence-corrected chi connectivity index (χ0v) is 11.4. The van der Waals surface area contributed by atoms with Gasteiger partial charge in [0.15, 0.2) is 0 Å². The highest BCUT2D eigenvalue weighted by molar-refractivity contribution is 4.93. The third kappa shape index (κ3) is 2.80. The second-order valence-electron chi connectivity index (χ2n) is 6.82. The molecule has 0 aromatic heterocycles. The molecule has 0 amide bonds. The SMILES string of the molecule is CC1CCCCCC1NC1CCCC1(C)C. The van der Waals surface area contributed by atoms with Crippen molar-refractivity contribution in [3.8, 4) is 0 Å². The monoisotopic (exact) mass is 223 g/mol. The van der Waals surface area contributed by atoms with E-state index in [-0.39, 0.29) is 0 Å². The van der Waals surface area contributed by atoms with Gasteiger partial charge in [-0.1, -0.05) is 46.5 Å². The molecular weight excluding hydrogens is 194 g/mol. The maximum Gasteiger partial charge on any atom is 0.0121 e. The van der Waals surface area contributed by atoms with Crippen LogP contribution in [0.4, 0.5) is 0 Å². The summed E-state index contributed by atoms with van der Waals surface area (Å²) in [6, 6.07) is 1.57. The van der Waals surface area contributed by atoms with Gasteiger partial charge in [0.05, 0.1) is 0 Å². The molecule has 0 bridgehead atoms. The quantitative estimate of drug-likeness (QED) is 0.694. The maximum absolute atomic E-state index is 4.00. The van der Waals surface area contributed by atoms with Crippen molar-refractivity contribution in [1.82, 2.24) is 5.32 Å². The number of hydrogen-bond acceptors (Lipinski definition) is 1. The van der Waals surface area contributed by atoms with Crippen molar-refractivity contribution in [2.45, 2.75) is 84.2 Å². The van der Waals surface area contributed by atoms with Gasteiger partial charge in [-0.2, -0.15) is 0 Å². The molecule has 0 saturated heterocycles. The second kappa shape index (κ2) is 5.08. The van der Waals surface area contributed by atoms with Crippen molar-refractivity contribution in [3.63, 3.8) is 0 Å². The molecule has 94 valence electrons. The van der Waals surface area contributed by atoms with Crippen LogP contribution in [0.1, 0.15) is 72.1 Å². The molecule has 3 atom stereocenters. The number of nitrogens with one attached hydrogen (secondary N) is 1. The Kier molecular flexibility index (Phi) is 3.94. The third-order valence-electron chi connectivity index (χ3n) is 5.03. The first-order valence-electron chi connectivity index (χ1n) is 7.36. The number of rotatable bonds is 2. The Balaban J connectivity index is 1.92. The lowest BCUT2D eigenvalue weighted by Gasteiger charge is -2.34. The van der Waals surface area contributed by atoms with Crippen molar-refractivity contribution >= 4 is 0 Å². The van der Waals surface area contributed by atoms with E-state index in [1.807, 2.05) is 0 Å². The van der Waals surface area contributed by atoms with Crippen LogP contribution in [0.15, 0.2) is 0 Å². The normalized spacial score (nSPS) is 39.6. The zero-order valence-electron chi connectivity index (χ0n) is 11.4. The molecule has 2 fully saturated rings. The fraction of sp³-hybridized carbons (Fsp3) is 1.00. The summed E-state index contributed by atoms with van der Waals surface area (Å²) in [5.41, 5.74) is 0.534. The van der Waals surface area contributed by atoms with Crippen LogP contribution in [0.25, 0.3) is 0 Å². The summed E-state index contributed by atoms with van der Waals surface area (Å²) in [5, 5.41) is 4.00. The molecule has 0 aromatic rings. The zero-order chi connectivity index (χ0) is 11.6. The molecule has 2 aliphatic rings. The minimum Gasteiger partial charge on any atom is -0.310 e. The van der Waals surface area contributed by atoms with Gasteiger partial charge in [-0.15, -0.1) is 0 Å². The van der Waals surface area contributed by atoms with Gasteiger partial charge in [-0.05, 0) is 37.0 Å². The number of hydrogen-bond donors (Lipinski definition) is 1. The van der Waals surface area contributed by atoms with E-state index < -0.39 is 0 Å². The van der Waals surface area contributed by atoms with Gasteiger partial charge in [0.1, 0.15) is 0 Å². The van der Waals surface area contributed by atoms with Crippen LogP contribution < -0.4 is 5.32 Å². The van der Waals surface area contributed by atoms with Gasteiger partial charge >= 0.3 is 0 Å². The fourth-order valence-corrected chi connectivity index (χ4v) is 3.63. The average molecular weight is 223 g/mol. The van der Waals surface area contributed by atoms with Crippen molar-refractivity contribution < 1.29 is 0 Å². The van der Waals surface area contributed by atoms with Crippen LogP contribution in [-0.2, 0) is 0 Å². The summed E-state index contributed by atoms with van der Waals surface area (Å²) in [4.78, 5) is 0. The van der Waals surface area contributed by atoms with Crippen LogP contribution in [0.5, 0.6) is 0 Å². The van der Waals surface area contributed by atoms with Crippen LogP contribution in [0, 0.1) is 11.3 Å². The van der Waals surface area contributed by atoms with Crippen LogP contribution in [-0.4, -0.2) is 12.1 Å². The lowest BCUT2D eigenvalue weighted by atomic mass is 9.85. The second-order valence-corrected chi connectivity index (χ2v) is 6.82. The average Bonchev–Trinajstić information content (AvgIpc) is 2.43. The van der Waals surface area contributed by atoms with Gasteiger partial charge < -0.3 is 5.32 Å². The van der Waals surface area contributed by atoms with Crippen LogP contribution >= 0.6 is 0 Å². The molecule has 1 heteroatoms. The Hall–Kier alpha value is -0.0400. The van der Waals surface area contributed by atoms with E-state index in [9.17, 15) is 0 Å². The van der Waals surface area contributed by atoms with Crippen LogP contribution in [0.3, 0.4) is 0 Å². The standard InChI is InChI=1S/C15H29N/c1-12-8-5-4-6-9-13(12)16-14-10-7-11-15(14,2)3/h12-14,16H,4-11H2,1-3H3. The Morgan fingerprint density at radius 2 is 1.69 bits per heavy atom. The Labute approximate surface area is 101 Å². The highest BCUT2D eigenvalue weighted by Crippen LogP contribution is 2.38. The summed E-state index contributed by atoms with van der Waals surface area (Å²) in [7, 11) is 0. The van der Waals surface area contributed by atoms with Gasteiger partial charge in [0, 0.05) is 12.1 Å². The summed E-state index contributed by atoms with van der Waals surface area (Å²) >= 11 is 0. The minimum atomic E-state index is 0.534. The smallest absolute Gasteiger partial charge is 0.0121 e. The predicted molar refractivity (Wildman–Crippen MR) is 70.6 cm³/mol. The predicted octanol–water partition coefficient (Wildman–Crippen LogP) is 4.12. The molecule has 0 aliphatic heterocycles. The molecule has 0 spiro atoms. The maximum atomic E-state index is 4.00. The van der Waals surface area contributed by atoms with E-state index in [0.29, 0.717) is 5.41 Å². The van der Waals surface area contributed by atoms with Crippen molar-refractivity contribution in [2.24, 2.45) is 11.3 Å². The molecule has 0 aromatic carbocycles. The Morgan fingerprint density at radius 3 is 2.38 bits per heavy atom. The molecule has 0 radical (unpaired) electrons. The first-order valence-corrected chi connectivity index (χ1v) is 7.36. The first-order chi connectivity index (χ1) is 7.59. The molecule has 2 rings (SSSR count). The Bertz CT molecular complexity index is 221. The van der Waals surface area contributed by atoms with E-state index in [0.717, 1.165) is 18.0 Å². The van der Waals surface area contributed by atoms with Gasteiger partial charge in [-0.3, -0.25) is 0 Å². The lowest BCUT2D eigenvalue weighted by Crippen LogP contribution is -2.46. The molecule has 1 nitrogen and oxygen atoms in total. The van der Waals surface area contributed by atoms with E-state index in [1.165, 1.54) is 51.4 Å². The first kappa shape index (κ1) is 12.4. The molecule has 1 N–H and O–H groups in total. The van der Waals surface area contributed by atoms with Gasteiger partial charge in [-0.25, -0.2) is 0 Å². The Morgan fingerprint density at radius 1 is 0.938 bits per heavy atom. The van der Waals surface area contributed by atoms with E-state index in [4.69, 9.17) is 0 Å². The topological polar surface area (TPSA) is 12.0 Å². The van der Waals surface area contributed by atoms with Crippen molar-refractivity contribution in [3.05, 3.63) is 0 Å². The van der Waals surface area contributed by atoms with E-state index in [1.54, 1.807) is 0 Å². The van der Waals surface area contributed by atoms with Crippen molar-refractivity contribution in [1.29, 1.82) is 0 Å². The largest absolute Gasteiger partial charge is 0.310 e. The van der Waals surface area contributed by atoms with Crippen molar-refractivity contribution in [2.75, 3.05) is 0 Å². The highest BCUT2D eigenvalue weighted by atomic mass is 15.0. The summed E-state index contributed by atoms with van der Waals surface area (Å²) in [6.07, 6.45) is 11.4. The molecular formula is C15H29N. The highest BCUT2D eigenvalue weighted by Gasteiger charge is 2.36. The van der Waals surface area contributed by atoms with Gasteiger partial charge in [0.2, 0.25) is 0 Å². The van der Waals surface area contributed by atoms with Crippen LogP contribution in [0.2, 0.25) is 0 Å². The molecule has 0 heterocycles. The van der Waals surface area contributed by atoms with Gasteiger partial charge in [0.25, 0.3) is 0 Å². The molecule has 16 heavy (non-hydrogen) atoms. The fourth-order valence-electron chi connectivity index (χ4n) is 3.63. The van der Waals surface area contributed by atoms with E-state index >= 15 is 0 Å². The third-order valence-corrected chi connectivity index (χ3v) is 5.03. The lowest BCUT2D eigenvalue weighted by molar-refractivity contribution is 0.228. The molecule has 2 saturated carbocycles. The summed E-state index contributed by atoms with van der Waals surface area (Å²) < 4.78 is 0.